The minimum atomic E-state index is -0.523. The van der Waals surface area contributed by atoms with Gasteiger partial charge in [0.1, 0.15) is 5.69 Å². The molecule has 0 atom stereocenters. The van der Waals surface area contributed by atoms with Crippen molar-refractivity contribution >= 4 is 11.6 Å². The van der Waals surface area contributed by atoms with E-state index >= 15 is 0 Å². The summed E-state index contributed by atoms with van der Waals surface area (Å²) in [6.45, 7) is 1.80. The Hall–Kier alpha value is -1.45. The maximum atomic E-state index is 10.5. The van der Waals surface area contributed by atoms with Crippen LogP contribution in [0.1, 0.15) is 16.1 Å². The molecular weight excluding hydrogens is 130 g/mol. The van der Waals surface area contributed by atoms with Crippen molar-refractivity contribution in [3.05, 3.63) is 17.5 Å². The topological polar surface area (TPSA) is 84.9 Å². The molecule has 0 spiro atoms. The van der Waals surface area contributed by atoms with E-state index in [-0.39, 0.29) is 5.69 Å². The Bertz CT molecular complexity index is 264. The van der Waals surface area contributed by atoms with Crippen LogP contribution in [0.25, 0.3) is 0 Å². The Kier molecular flexibility index (Phi) is 1.37. The smallest absolute Gasteiger partial charge is 0.267 e. The second-order valence-corrected chi connectivity index (χ2v) is 2.12. The first kappa shape index (κ1) is 6.67. The first-order valence-corrected chi connectivity index (χ1v) is 2.86. The number of anilines is 1. The molecule has 4 heteroatoms. The lowest BCUT2D eigenvalue weighted by atomic mass is 10.3. The fourth-order valence-electron chi connectivity index (χ4n) is 0.737. The summed E-state index contributed by atoms with van der Waals surface area (Å²) < 4.78 is 0. The van der Waals surface area contributed by atoms with E-state index in [1.807, 2.05) is 0 Å². The molecule has 4 nitrogen and oxygen atoms in total. The van der Waals surface area contributed by atoms with Gasteiger partial charge in [0.25, 0.3) is 5.91 Å². The van der Waals surface area contributed by atoms with Gasteiger partial charge in [0.15, 0.2) is 0 Å². The number of aromatic nitrogens is 1. The Morgan fingerprint density at radius 2 is 2.30 bits per heavy atom. The number of carbonyl (C=O) groups excluding carboxylic acids is 1. The lowest BCUT2D eigenvalue weighted by molar-refractivity contribution is 0.0997. The lowest BCUT2D eigenvalue weighted by Gasteiger charge is -1.91. The highest BCUT2D eigenvalue weighted by Gasteiger charge is 2.08. The number of nitrogen functional groups attached to an aromatic ring is 1. The quantitative estimate of drug-likeness (QED) is 0.511. The van der Waals surface area contributed by atoms with Crippen LogP contribution in [0.2, 0.25) is 0 Å². The number of amides is 1. The van der Waals surface area contributed by atoms with Crippen molar-refractivity contribution in [2.45, 2.75) is 6.92 Å². The van der Waals surface area contributed by atoms with Crippen molar-refractivity contribution in [1.29, 1.82) is 0 Å². The van der Waals surface area contributed by atoms with Gasteiger partial charge in [-0.1, -0.05) is 0 Å². The first-order chi connectivity index (χ1) is 4.63. The van der Waals surface area contributed by atoms with E-state index in [4.69, 9.17) is 11.5 Å². The molecule has 0 bridgehead atoms. The number of carbonyl (C=O) groups is 1. The third-order valence-corrected chi connectivity index (χ3v) is 1.37. The van der Waals surface area contributed by atoms with Crippen LogP contribution in [0.4, 0.5) is 5.69 Å². The average molecular weight is 139 g/mol. The number of nitrogens with one attached hydrogen (secondary N) is 1. The first-order valence-electron chi connectivity index (χ1n) is 2.86. The van der Waals surface area contributed by atoms with Gasteiger partial charge < -0.3 is 16.5 Å². The van der Waals surface area contributed by atoms with Gasteiger partial charge in [-0.2, -0.15) is 0 Å². The zero-order valence-electron chi connectivity index (χ0n) is 5.64. The van der Waals surface area contributed by atoms with Gasteiger partial charge in [-0.05, 0) is 12.5 Å². The largest absolute Gasteiger partial charge is 0.397 e. The molecule has 0 fully saturated rings. The lowest BCUT2D eigenvalue weighted by Crippen LogP contribution is -2.13. The molecule has 0 aliphatic rings. The SMILES string of the molecule is Cc1c[nH]c(C(N)=O)c1N. The number of H-pyrrole nitrogens is 1. The predicted octanol–water partition coefficient (Wildman–Crippen LogP) is 0.00422. The van der Waals surface area contributed by atoms with Crippen molar-refractivity contribution in [1.82, 2.24) is 4.98 Å². The van der Waals surface area contributed by atoms with Gasteiger partial charge >= 0.3 is 0 Å². The van der Waals surface area contributed by atoms with Crippen LogP contribution < -0.4 is 11.5 Å². The van der Waals surface area contributed by atoms with Crippen molar-refractivity contribution in [2.75, 3.05) is 5.73 Å². The summed E-state index contributed by atoms with van der Waals surface area (Å²) in [7, 11) is 0. The maximum absolute atomic E-state index is 10.5. The van der Waals surface area contributed by atoms with Crippen molar-refractivity contribution in [3.63, 3.8) is 0 Å². The number of nitrogens with two attached hydrogens (primary N) is 2. The summed E-state index contributed by atoms with van der Waals surface area (Å²) in [6.07, 6.45) is 1.65. The molecule has 1 aromatic rings. The van der Waals surface area contributed by atoms with E-state index in [1.165, 1.54) is 0 Å². The summed E-state index contributed by atoms with van der Waals surface area (Å²) in [5, 5.41) is 0. The van der Waals surface area contributed by atoms with Gasteiger partial charge in [-0.25, -0.2) is 0 Å². The third-order valence-electron chi connectivity index (χ3n) is 1.37. The fourth-order valence-corrected chi connectivity index (χ4v) is 0.737. The monoisotopic (exact) mass is 139 g/mol. The molecule has 54 valence electrons. The van der Waals surface area contributed by atoms with Crippen LogP contribution >= 0.6 is 0 Å². The van der Waals surface area contributed by atoms with E-state index in [2.05, 4.69) is 4.98 Å². The number of aryl methyl sites for hydroxylation is 1. The highest BCUT2D eigenvalue weighted by molar-refractivity contribution is 5.96. The van der Waals surface area contributed by atoms with E-state index in [1.54, 1.807) is 13.1 Å². The molecule has 0 saturated carbocycles. The normalized spacial score (nSPS) is 9.70. The Morgan fingerprint density at radius 3 is 2.50 bits per heavy atom. The zero-order valence-corrected chi connectivity index (χ0v) is 5.64. The minimum Gasteiger partial charge on any atom is -0.397 e. The van der Waals surface area contributed by atoms with Crippen LogP contribution in [0, 0.1) is 6.92 Å². The van der Waals surface area contributed by atoms with E-state index in [9.17, 15) is 4.79 Å². The summed E-state index contributed by atoms with van der Waals surface area (Å²) in [6, 6.07) is 0. The highest BCUT2D eigenvalue weighted by atomic mass is 16.1. The average Bonchev–Trinajstić information content (AvgIpc) is 2.14. The molecule has 1 aromatic heterocycles. The van der Waals surface area contributed by atoms with Crippen LogP contribution in [0.5, 0.6) is 0 Å². The van der Waals surface area contributed by atoms with Crippen molar-refractivity contribution in [3.8, 4) is 0 Å². The number of hydrogen-bond acceptors (Lipinski definition) is 2. The molecule has 1 rings (SSSR count). The molecule has 1 heterocycles. The number of primary amides is 1. The second kappa shape index (κ2) is 2.06. The van der Waals surface area contributed by atoms with Crippen LogP contribution in [-0.4, -0.2) is 10.9 Å². The molecule has 0 radical (unpaired) electrons. The molecule has 0 aliphatic heterocycles. The van der Waals surface area contributed by atoms with Crippen LogP contribution in [-0.2, 0) is 0 Å². The molecule has 0 unspecified atom stereocenters. The molecule has 1 amide bonds. The van der Waals surface area contributed by atoms with Crippen LogP contribution in [0.15, 0.2) is 6.20 Å². The minimum absolute atomic E-state index is 0.289. The highest BCUT2D eigenvalue weighted by Crippen LogP contribution is 2.13. The molecule has 0 saturated heterocycles. The molecular formula is C6H9N3O. The number of hydrogen-bond donors (Lipinski definition) is 3. The third kappa shape index (κ3) is 0.834. The molecule has 10 heavy (non-hydrogen) atoms. The Morgan fingerprint density at radius 1 is 1.70 bits per heavy atom. The van der Waals surface area contributed by atoms with Gasteiger partial charge in [0, 0.05) is 6.20 Å². The van der Waals surface area contributed by atoms with Gasteiger partial charge in [0.05, 0.1) is 5.69 Å². The zero-order chi connectivity index (χ0) is 7.72. The van der Waals surface area contributed by atoms with Crippen molar-refractivity contribution < 1.29 is 4.79 Å². The Labute approximate surface area is 58.2 Å². The van der Waals surface area contributed by atoms with Gasteiger partial charge in [0.2, 0.25) is 0 Å². The standard InChI is InChI=1S/C6H9N3O/c1-3-2-9-5(4(3)7)6(8)10/h2,9H,7H2,1H3,(H2,8,10). The van der Waals surface area contributed by atoms with E-state index in [0.717, 1.165) is 5.56 Å². The number of rotatable bonds is 1. The van der Waals surface area contributed by atoms with E-state index < -0.39 is 5.91 Å². The van der Waals surface area contributed by atoms with Gasteiger partial charge in [-0.3, -0.25) is 4.79 Å². The molecule has 5 N–H and O–H groups in total. The van der Waals surface area contributed by atoms with Gasteiger partial charge in [-0.15, -0.1) is 0 Å². The van der Waals surface area contributed by atoms with Crippen LogP contribution in [0.3, 0.4) is 0 Å². The van der Waals surface area contributed by atoms with E-state index in [0.29, 0.717) is 5.69 Å². The summed E-state index contributed by atoms with van der Waals surface area (Å²) >= 11 is 0. The Balaban J connectivity index is 3.17. The van der Waals surface area contributed by atoms with Crippen molar-refractivity contribution in [2.24, 2.45) is 5.73 Å². The maximum Gasteiger partial charge on any atom is 0.267 e. The number of aromatic amines is 1. The second-order valence-electron chi connectivity index (χ2n) is 2.12. The summed E-state index contributed by atoms with van der Waals surface area (Å²) in [5.74, 6) is -0.523. The predicted molar refractivity (Wildman–Crippen MR) is 38.5 cm³/mol. The summed E-state index contributed by atoms with van der Waals surface area (Å²) in [4.78, 5) is 13.2. The molecule has 0 aromatic carbocycles. The summed E-state index contributed by atoms with van der Waals surface area (Å²) in [5.41, 5.74) is 12.0. The molecule has 0 aliphatic carbocycles. The fraction of sp³-hybridized carbons (Fsp3) is 0.167.